The zero-order valence-corrected chi connectivity index (χ0v) is 12.2. The molecule has 1 saturated carbocycles. The predicted molar refractivity (Wildman–Crippen MR) is 76.2 cm³/mol. The molecule has 0 heterocycles. The van der Waals surface area contributed by atoms with E-state index in [2.05, 4.69) is 26.1 Å². The van der Waals surface area contributed by atoms with Gasteiger partial charge in [-0.05, 0) is 50.5 Å². The Bertz CT molecular complexity index is 241. The first kappa shape index (κ1) is 15.5. The molecule has 1 fully saturated rings. The number of carbonyl (C=O) groups is 1. The van der Waals surface area contributed by atoms with Gasteiger partial charge in [-0.1, -0.05) is 26.7 Å². The first-order valence-corrected chi connectivity index (χ1v) is 7.52. The highest BCUT2D eigenvalue weighted by Crippen LogP contribution is 2.27. The Morgan fingerprint density at radius 1 is 1.28 bits per heavy atom. The molecular formula is C15H30N2O. The minimum Gasteiger partial charge on any atom is -0.353 e. The van der Waals surface area contributed by atoms with Crippen LogP contribution in [0, 0.1) is 17.8 Å². The van der Waals surface area contributed by atoms with Crippen molar-refractivity contribution in [2.24, 2.45) is 23.5 Å². The second-order valence-corrected chi connectivity index (χ2v) is 6.34. The Hall–Kier alpha value is -0.570. The van der Waals surface area contributed by atoms with Crippen LogP contribution in [0.5, 0.6) is 0 Å². The van der Waals surface area contributed by atoms with Gasteiger partial charge in [-0.3, -0.25) is 4.79 Å². The quantitative estimate of drug-likeness (QED) is 0.734. The number of rotatable bonds is 7. The van der Waals surface area contributed by atoms with E-state index in [-0.39, 0.29) is 5.91 Å². The van der Waals surface area contributed by atoms with Gasteiger partial charge in [-0.25, -0.2) is 0 Å². The lowest BCUT2D eigenvalue weighted by atomic mass is 9.93. The van der Waals surface area contributed by atoms with E-state index in [9.17, 15) is 4.79 Å². The third kappa shape index (κ3) is 5.38. The van der Waals surface area contributed by atoms with Crippen molar-refractivity contribution in [3.63, 3.8) is 0 Å². The predicted octanol–water partition coefficient (Wildman–Crippen LogP) is 2.69. The smallest absolute Gasteiger partial charge is 0.220 e. The molecule has 3 heteroatoms. The van der Waals surface area contributed by atoms with Crippen LogP contribution in [-0.4, -0.2) is 18.5 Å². The van der Waals surface area contributed by atoms with E-state index in [1.165, 1.54) is 25.7 Å². The van der Waals surface area contributed by atoms with E-state index in [1.54, 1.807) is 0 Å². The lowest BCUT2D eigenvalue weighted by molar-refractivity contribution is -0.123. The summed E-state index contributed by atoms with van der Waals surface area (Å²) in [6.45, 7) is 7.13. The van der Waals surface area contributed by atoms with E-state index in [0.29, 0.717) is 36.8 Å². The Kier molecular flexibility index (Phi) is 6.69. The van der Waals surface area contributed by atoms with Gasteiger partial charge in [0, 0.05) is 12.5 Å². The molecule has 1 rings (SSSR count). The van der Waals surface area contributed by atoms with Crippen LogP contribution in [0.25, 0.3) is 0 Å². The minimum absolute atomic E-state index is 0.186. The molecule has 0 aromatic heterocycles. The van der Waals surface area contributed by atoms with Gasteiger partial charge in [0.25, 0.3) is 0 Å². The largest absolute Gasteiger partial charge is 0.353 e. The standard InChI is InChI=1S/C15H30N2O/c1-11(2)8-13(10-16)9-15(18)17-12(3)14-6-4-5-7-14/h11-14H,4-10,16H2,1-3H3,(H,17,18)/t12?,13-/m0/s1. The van der Waals surface area contributed by atoms with Crippen molar-refractivity contribution < 1.29 is 4.79 Å². The molecule has 0 radical (unpaired) electrons. The number of nitrogens with two attached hydrogens (primary N) is 1. The monoisotopic (exact) mass is 254 g/mol. The van der Waals surface area contributed by atoms with Crippen LogP contribution < -0.4 is 11.1 Å². The van der Waals surface area contributed by atoms with Gasteiger partial charge in [-0.2, -0.15) is 0 Å². The maximum Gasteiger partial charge on any atom is 0.220 e. The fourth-order valence-electron chi connectivity index (χ4n) is 3.08. The maximum absolute atomic E-state index is 12.0. The average Bonchev–Trinajstić information content (AvgIpc) is 2.80. The average molecular weight is 254 g/mol. The van der Waals surface area contributed by atoms with Crippen LogP contribution in [0.15, 0.2) is 0 Å². The van der Waals surface area contributed by atoms with Gasteiger partial charge in [-0.15, -0.1) is 0 Å². The number of hydrogen-bond acceptors (Lipinski definition) is 2. The number of carbonyl (C=O) groups excluding carboxylic acids is 1. The van der Waals surface area contributed by atoms with E-state index >= 15 is 0 Å². The number of nitrogens with one attached hydrogen (secondary N) is 1. The van der Waals surface area contributed by atoms with E-state index in [1.807, 2.05) is 0 Å². The summed E-state index contributed by atoms with van der Waals surface area (Å²) in [5.74, 6) is 1.82. The van der Waals surface area contributed by atoms with Crippen molar-refractivity contribution in [1.82, 2.24) is 5.32 Å². The Balaban J connectivity index is 2.30. The van der Waals surface area contributed by atoms with Crippen molar-refractivity contribution in [2.45, 2.75) is 65.3 Å². The van der Waals surface area contributed by atoms with Gasteiger partial charge >= 0.3 is 0 Å². The molecule has 1 aliphatic carbocycles. The van der Waals surface area contributed by atoms with E-state index in [0.717, 1.165) is 6.42 Å². The Morgan fingerprint density at radius 2 is 1.89 bits per heavy atom. The molecule has 0 aromatic carbocycles. The van der Waals surface area contributed by atoms with Crippen molar-refractivity contribution in [3.05, 3.63) is 0 Å². The Labute approximate surface area is 112 Å². The molecule has 106 valence electrons. The Morgan fingerprint density at radius 3 is 2.39 bits per heavy atom. The summed E-state index contributed by atoms with van der Waals surface area (Å²) in [5.41, 5.74) is 5.74. The van der Waals surface area contributed by atoms with E-state index < -0.39 is 0 Å². The third-order valence-electron chi connectivity index (χ3n) is 4.11. The molecule has 3 nitrogen and oxygen atoms in total. The number of amides is 1. The van der Waals surface area contributed by atoms with Crippen LogP contribution in [-0.2, 0) is 4.79 Å². The topological polar surface area (TPSA) is 55.1 Å². The first-order chi connectivity index (χ1) is 8.52. The second kappa shape index (κ2) is 7.78. The van der Waals surface area contributed by atoms with Gasteiger partial charge in [0.2, 0.25) is 5.91 Å². The van der Waals surface area contributed by atoms with Crippen molar-refractivity contribution in [2.75, 3.05) is 6.54 Å². The molecule has 1 amide bonds. The van der Waals surface area contributed by atoms with Crippen LogP contribution in [0.3, 0.4) is 0 Å². The molecule has 1 aliphatic rings. The molecule has 0 saturated heterocycles. The van der Waals surface area contributed by atoms with Crippen molar-refractivity contribution >= 4 is 5.91 Å². The highest BCUT2D eigenvalue weighted by atomic mass is 16.1. The van der Waals surface area contributed by atoms with Crippen molar-refractivity contribution in [1.29, 1.82) is 0 Å². The summed E-state index contributed by atoms with van der Waals surface area (Å²) in [6, 6.07) is 0.331. The maximum atomic E-state index is 12.0. The number of hydrogen-bond donors (Lipinski definition) is 2. The molecule has 0 bridgehead atoms. The van der Waals surface area contributed by atoms with Crippen LogP contribution in [0.1, 0.15) is 59.3 Å². The molecule has 2 atom stereocenters. The first-order valence-electron chi connectivity index (χ1n) is 7.52. The lowest BCUT2D eigenvalue weighted by Crippen LogP contribution is -2.38. The molecule has 3 N–H and O–H groups in total. The highest BCUT2D eigenvalue weighted by Gasteiger charge is 2.23. The van der Waals surface area contributed by atoms with Gasteiger partial charge < -0.3 is 11.1 Å². The lowest BCUT2D eigenvalue weighted by Gasteiger charge is -2.22. The minimum atomic E-state index is 0.186. The van der Waals surface area contributed by atoms with Gasteiger partial charge in [0.05, 0.1) is 0 Å². The molecule has 0 spiro atoms. The summed E-state index contributed by atoms with van der Waals surface area (Å²) in [4.78, 5) is 12.0. The molecule has 18 heavy (non-hydrogen) atoms. The fourth-order valence-corrected chi connectivity index (χ4v) is 3.08. The summed E-state index contributed by atoms with van der Waals surface area (Å²) in [6.07, 6.45) is 6.82. The highest BCUT2D eigenvalue weighted by molar-refractivity contribution is 5.76. The zero-order valence-electron chi connectivity index (χ0n) is 12.2. The summed E-state index contributed by atoms with van der Waals surface area (Å²) < 4.78 is 0. The SMILES string of the molecule is CC(C)C[C@H](CN)CC(=O)NC(C)C1CCCC1. The second-order valence-electron chi connectivity index (χ2n) is 6.34. The summed E-state index contributed by atoms with van der Waals surface area (Å²) in [7, 11) is 0. The molecule has 0 aliphatic heterocycles. The zero-order chi connectivity index (χ0) is 13.5. The summed E-state index contributed by atoms with van der Waals surface area (Å²) >= 11 is 0. The van der Waals surface area contributed by atoms with Gasteiger partial charge in [0.1, 0.15) is 0 Å². The third-order valence-corrected chi connectivity index (χ3v) is 4.11. The molecule has 1 unspecified atom stereocenters. The summed E-state index contributed by atoms with van der Waals surface area (Å²) in [5, 5.41) is 3.17. The van der Waals surface area contributed by atoms with Gasteiger partial charge in [0.15, 0.2) is 0 Å². The van der Waals surface area contributed by atoms with Crippen molar-refractivity contribution in [3.8, 4) is 0 Å². The molecular weight excluding hydrogens is 224 g/mol. The van der Waals surface area contributed by atoms with Crippen LogP contribution in [0.2, 0.25) is 0 Å². The molecule has 0 aromatic rings. The fraction of sp³-hybridized carbons (Fsp3) is 0.933. The van der Waals surface area contributed by atoms with Crippen LogP contribution in [0.4, 0.5) is 0 Å². The van der Waals surface area contributed by atoms with Crippen LogP contribution >= 0.6 is 0 Å². The van der Waals surface area contributed by atoms with E-state index in [4.69, 9.17) is 5.73 Å². The normalized spacial score (nSPS) is 20.1.